The molecule has 0 radical (unpaired) electrons. The molecule has 0 unspecified atom stereocenters. The molecule has 5 heteroatoms. The normalized spacial score (nSPS) is 14.4. The van der Waals surface area contributed by atoms with Gasteiger partial charge in [-0.1, -0.05) is 0 Å². The molecule has 0 amide bonds. The van der Waals surface area contributed by atoms with Crippen molar-refractivity contribution in [1.82, 2.24) is 4.98 Å². The van der Waals surface area contributed by atoms with E-state index in [0.29, 0.717) is 19.4 Å². The minimum absolute atomic E-state index is 0.137. The van der Waals surface area contributed by atoms with Crippen molar-refractivity contribution in [3.05, 3.63) is 11.1 Å². The molecule has 1 aliphatic rings. The van der Waals surface area contributed by atoms with Crippen molar-refractivity contribution in [3.63, 3.8) is 0 Å². The number of nitrogens with zero attached hydrogens (tertiary/aromatic N) is 2. The number of ether oxygens (including phenoxy) is 1. The molecule has 1 saturated carbocycles. The fraction of sp³-hybridized carbons (Fsp3) is 0.714. The molecule has 19 heavy (non-hydrogen) atoms. The van der Waals surface area contributed by atoms with Crippen LogP contribution in [0.25, 0.3) is 0 Å². The summed E-state index contributed by atoms with van der Waals surface area (Å²) in [7, 11) is 0. The van der Waals surface area contributed by atoms with Gasteiger partial charge in [-0.15, -0.1) is 11.3 Å². The molecule has 0 aromatic carbocycles. The lowest BCUT2D eigenvalue weighted by atomic mass is 10.2. The summed E-state index contributed by atoms with van der Waals surface area (Å²) >= 11 is 1.68. The standard InChI is InChI=1S/C14H22N2O2S/c1-3-16(9-11-5-6-11)14-15-12(10-19-14)7-8-13(17)18-4-2/h10-11H,3-9H2,1-2H3. The van der Waals surface area contributed by atoms with Crippen LogP contribution in [0.1, 0.15) is 38.8 Å². The monoisotopic (exact) mass is 282 g/mol. The number of carbonyl (C=O) groups excluding carboxylic acids is 1. The number of hydrogen-bond acceptors (Lipinski definition) is 5. The fourth-order valence-electron chi connectivity index (χ4n) is 1.97. The van der Waals surface area contributed by atoms with Gasteiger partial charge in [-0.2, -0.15) is 0 Å². The largest absolute Gasteiger partial charge is 0.466 e. The van der Waals surface area contributed by atoms with Crippen LogP contribution in [0.4, 0.5) is 5.13 Å². The average Bonchev–Trinajstić information content (AvgIpc) is 3.10. The molecule has 0 aliphatic heterocycles. The van der Waals surface area contributed by atoms with Crippen LogP contribution in [0.2, 0.25) is 0 Å². The molecule has 0 saturated heterocycles. The van der Waals surface area contributed by atoms with Gasteiger partial charge in [0.2, 0.25) is 0 Å². The van der Waals surface area contributed by atoms with Crippen molar-refractivity contribution in [2.75, 3.05) is 24.6 Å². The molecule has 1 heterocycles. The molecule has 1 fully saturated rings. The summed E-state index contributed by atoms with van der Waals surface area (Å²) in [4.78, 5) is 18.3. The van der Waals surface area contributed by atoms with E-state index in [9.17, 15) is 4.79 Å². The Labute approximate surface area is 118 Å². The summed E-state index contributed by atoms with van der Waals surface area (Å²) < 4.78 is 4.93. The van der Waals surface area contributed by atoms with Crippen molar-refractivity contribution in [3.8, 4) is 0 Å². The summed E-state index contributed by atoms with van der Waals surface area (Å²) in [5.41, 5.74) is 1.00. The summed E-state index contributed by atoms with van der Waals surface area (Å²) in [5, 5.41) is 3.15. The number of rotatable bonds is 8. The summed E-state index contributed by atoms with van der Waals surface area (Å²) in [6.45, 7) is 6.58. The molecule has 0 spiro atoms. The van der Waals surface area contributed by atoms with Crippen LogP contribution in [0, 0.1) is 5.92 Å². The molecule has 4 nitrogen and oxygen atoms in total. The number of esters is 1. The highest BCUT2D eigenvalue weighted by molar-refractivity contribution is 7.13. The van der Waals surface area contributed by atoms with Gasteiger partial charge in [0.25, 0.3) is 0 Å². The van der Waals surface area contributed by atoms with Gasteiger partial charge in [-0.05, 0) is 32.6 Å². The Hall–Kier alpha value is -1.10. The van der Waals surface area contributed by atoms with Gasteiger partial charge in [0.05, 0.1) is 18.7 Å². The predicted molar refractivity (Wildman–Crippen MR) is 77.7 cm³/mol. The molecule has 1 aromatic rings. The minimum atomic E-state index is -0.137. The Morgan fingerprint density at radius 2 is 2.32 bits per heavy atom. The molecule has 1 aliphatic carbocycles. The first kappa shape index (κ1) is 14.3. The van der Waals surface area contributed by atoms with Crippen LogP contribution < -0.4 is 4.90 Å². The van der Waals surface area contributed by atoms with Crippen LogP contribution in [0.15, 0.2) is 5.38 Å². The zero-order chi connectivity index (χ0) is 13.7. The maximum absolute atomic E-state index is 11.3. The van der Waals surface area contributed by atoms with Gasteiger partial charge in [0, 0.05) is 24.9 Å². The first-order valence-electron chi connectivity index (χ1n) is 7.07. The lowest BCUT2D eigenvalue weighted by Crippen LogP contribution is -2.25. The SMILES string of the molecule is CCOC(=O)CCc1csc(N(CC)CC2CC2)n1. The van der Waals surface area contributed by atoms with E-state index in [0.717, 1.165) is 29.8 Å². The van der Waals surface area contributed by atoms with Gasteiger partial charge in [-0.25, -0.2) is 4.98 Å². The highest BCUT2D eigenvalue weighted by Gasteiger charge is 2.24. The summed E-state index contributed by atoms with van der Waals surface area (Å²) in [6, 6.07) is 0. The van der Waals surface area contributed by atoms with Crippen LogP contribution >= 0.6 is 11.3 Å². The maximum Gasteiger partial charge on any atom is 0.306 e. The van der Waals surface area contributed by atoms with Gasteiger partial charge >= 0.3 is 5.97 Å². The highest BCUT2D eigenvalue weighted by atomic mass is 32.1. The second-order valence-corrected chi connectivity index (χ2v) is 5.75. The first-order valence-corrected chi connectivity index (χ1v) is 7.95. The minimum Gasteiger partial charge on any atom is -0.466 e. The molecular weight excluding hydrogens is 260 g/mol. The van der Waals surface area contributed by atoms with Crippen LogP contribution in [0.3, 0.4) is 0 Å². The van der Waals surface area contributed by atoms with Crippen molar-refractivity contribution < 1.29 is 9.53 Å². The highest BCUT2D eigenvalue weighted by Crippen LogP contribution is 2.32. The van der Waals surface area contributed by atoms with E-state index in [-0.39, 0.29) is 5.97 Å². The topological polar surface area (TPSA) is 42.4 Å². The number of aromatic nitrogens is 1. The van der Waals surface area contributed by atoms with E-state index in [4.69, 9.17) is 4.74 Å². The predicted octanol–water partition coefficient (Wildman–Crippen LogP) is 2.88. The second kappa shape index (κ2) is 6.89. The van der Waals surface area contributed by atoms with E-state index in [1.807, 2.05) is 6.92 Å². The van der Waals surface area contributed by atoms with Crippen LogP contribution in [-0.2, 0) is 16.0 Å². The third kappa shape index (κ3) is 4.49. The van der Waals surface area contributed by atoms with Crippen molar-refractivity contribution in [1.29, 1.82) is 0 Å². The molecular formula is C14H22N2O2S. The quantitative estimate of drug-likeness (QED) is 0.688. The van der Waals surface area contributed by atoms with Gasteiger partial charge < -0.3 is 9.64 Å². The molecule has 0 N–H and O–H groups in total. The average molecular weight is 282 g/mol. The third-order valence-electron chi connectivity index (χ3n) is 3.26. The Kier molecular flexibility index (Phi) is 5.19. The van der Waals surface area contributed by atoms with Crippen LogP contribution in [0.5, 0.6) is 0 Å². The maximum atomic E-state index is 11.3. The summed E-state index contributed by atoms with van der Waals surface area (Å²) in [6.07, 6.45) is 3.82. The number of hydrogen-bond donors (Lipinski definition) is 0. The first-order chi connectivity index (χ1) is 9.22. The molecule has 1 aromatic heterocycles. The van der Waals surface area contributed by atoms with Gasteiger partial charge in [-0.3, -0.25) is 4.79 Å². The smallest absolute Gasteiger partial charge is 0.306 e. The number of thiazole rings is 1. The third-order valence-corrected chi connectivity index (χ3v) is 4.21. The Morgan fingerprint density at radius 1 is 1.53 bits per heavy atom. The number of carbonyl (C=O) groups is 1. The van der Waals surface area contributed by atoms with Crippen molar-refractivity contribution in [2.45, 2.75) is 39.5 Å². The fourth-order valence-corrected chi connectivity index (χ4v) is 2.91. The zero-order valence-electron chi connectivity index (χ0n) is 11.7. The van der Waals surface area contributed by atoms with E-state index >= 15 is 0 Å². The van der Waals surface area contributed by atoms with E-state index in [1.165, 1.54) is 12.8 Å². The summed E-state index contributed by atoms with van der Waals surface area (Å²) in [5.74, 6) is 0.731. The lowest BCUT2D eigenvalue weighted by molar-refractivity contribution is -0.143. The Balaban J connectivity index is 1.84. The molecule has 0 bridgehead atoms. The van der Waals surface area contributed by atoms with Gasteiger partial charge in [0.1, 0.15) is 0 Å². The number of aryl methyl sites for hydroxylation is 1. The van der Waals surface area contributed by atoms with Crippen LogP contribution in [-0.4, -0.2) is 30.6 Å². The Bertz CT molecular complexity index is 415. The zero-order valence-corrected chi connectivity index (χ0v) is 12.5. The van der Waals surface area contributed by atoms with E-state index in [2.05, 4.69) is 22.2 Å². The van der Waals surface area contributed by atoms with E-state index in [1.54, 1.807) is 11.3 Å². The Morgan fingerprint density at radius 3 is 2.95 bits per heavy atom. The molecule has 0 atom stereocenters. The number of anilines is 1. The van der Waals surface area contributed by atoms with Gasteiger partial charge in [0.15, 0.2) is 5.13 Å². The second-order valence-electron chi connectivity index (χ2n) is 4.91. The van der Waals surface area contributed by atoms with Crippen molar-refractivity contribution in [2.24, 2.45) is 5.92 Å². The van der Waals surface area contributed by atoms with Crippen molar-refractivity contribution >= 4 is 22.4 Å². The lowest BCUT2D eigenvalue weighted by Gasteiger charge is -2.19. The molecule has 106 valence electrons. The molecule has 2 rings (SSSR count). The van der Waals surface area contributed by atoms with E-state index < -0.39 is 0 Å².